The Kier molecular flexibility index (Phi) is 4.08. The Labute approximate surface area is 95.2 Å². The van der Waals surface area contributed by atoms with Gasteiger partial charge in [-0.3, -0.25) is 14.9 Å². The monoisotopic (exact) mass is 245 g/mol. The van der Waals surface area contributed by atoms with Crippen LogP contribution in [0.1, 0.15) is 12.5 Å². The van der Waals surface area contributed by atoms with E-state index in [4.69, 9.17) is 0 Å². The molecule has 0 aromatic heterocycles. The predicted molar refractivity (Wildman–Crippen MR) is 54.1 cm³/mol. The molecular formula is C10H9F2NO4. The van der Waals surface area contributed by atoms with Crippen molar-refractivity contribution in [2.45, 2.75) is 20.0 Å². The molecule has 0 saturated carbocycles. The summed E-state index contributed by atoms with van der Waals surface area (Å²) in [5.74, 6) is -0.523. The van der Waals surface area contributed by atoms with Gasteiger partial charge in [0.15, 0.2) is 0 Å². The van der Waals surface area contributed by atoms with E-state index in [0.29, 0.717) is 0 Å². The first kappa shape index (κ1) is 13.0. The van der Waals surface area contributed by atoms with Gasteiger partial charge in [-0.25, -0.2) is 0 Å². The van der Waals surface area contributed by atoms with Crippen LogP contribution in [-0.4, -0.2) is 17.3 Å². The summed E-state index contributed by atoms with van der Waals surface area (Å²) in [5, 5.41) is 10.5. The van der Waals surface area contributed by atoms with E-state index in [0.717, 1.165) is 18.2 Å². The van der Waals surface area contributed by atoms with Crippen molar-refractivity contribution in [1.29, 1.82) is 0 Å². The molecular weight excluding hydrogens is 236 g/mol. The Morgan fingerprint density at radius 1 is 1.53 bits per heavy atom. The quantitative estimate of drug-likeness (QED) is 0.589. The standard InChI is InChI=1S/C10H9F2NO4/c1-6(14)4-7-5-8(13(15)16)2-3-9(7)17-10(11)12/h2-3,5,10H,4H2,1H3. The van der Waals surface area contributed by atoms with Crippen molar-refractivity contribution in [2.24, 2.45) is 0 Å². The van der Waals surface area contributed by atoms with E-state index in [2.05, 4.69) is 4.74 Å². The number of nitrogens with zero attached hydrogens (tertiary/aromatic N) is 1. The number of Topliss-reactive ketones (excluding diaryl/α,β-unsaturated/α-hetero) is 1. The third-order valence-electron chi connectivity index (χ3n) is 1.91. The molecule has 0 atom stereocenters. The van der Waals surface area contributed by atoms with Gasteiger partial charge in [-0.15, -0.1) is 0 Å². The number of alkyl halides is 2. The molecule has 1 rings (SSSR count). The van der Waals surface area contributed by atoms with Crippen LogP contribution in [0.4, 0.5) is 14.5 Å². The molecule has 0 unspecified atom stereocenters. The van der Waals surface area contributed by atoms with Gasteiger partial charge in [0.05, 0.1) is 4.92 Å². The maximum absolute atomic E-state index is 12.1. The van der Waals surface area contributed by atoms with E-state index in [1.807, 2.05) is 0 Å². The van der Waals surface area contributed by atoms with Gasteiger partial charge in [0.2, 0.25) is 0 Å². The number of non-ortho nitro benzene ring substituents is 1. The highest BCUT2D eigenvalue weighted by molar-refractivity contribution is 5.79. The number of hydrogen-bond acceptors (Lipinski definition) is 4. The molecule has 0 fully saturated rings. The lowest BCUT2D eigenvalue weighted by molar-refractivity contribution is -0.384. The molecule has 0 aliphatic rings. The van der Waals surface area contributed by atoms with Gasteiger partial charge in [0, 0.05) is 24.1 Å². The van der Waals surface area contributed by atoms with Crippen molar-refractivity contribution in [3.05, 3.63) is 33.9 Å². The molecule has 0 radical (unpaired) electrons. The number of nitro groups is 1. The van der Waals surface area contributed by atoms with E-state index in [9.17, 15) is 23.7 Å². The summed E-state index contributed by atoms with van der Waals surface area (Å²) in [6.07, 6.45) is -0.191. The molecule has 92 valence electrons. The average molecular weight is 245 g/mol. The minimum absolute atomic E-state index is 0.0759. The van der Waals surface area contributed by atoms with Crippen molar-refractivity contribution in [1.82, 2.24) is 0 Å². The van der Waals surface area contributed by atoms with Gasteiger partial charge in [-0.2, -0.15) is 8.78 Å². The summed E-state index contributed by atoms with van der Waals surface area (Å²) in [6.45, 7) is -1.78. The number of halogens is 2. The van der Waals surface area contributed by atoms with Crippen molar-refractivity contribution in [2.75, 3.05) is 0 Å². The number of hydrogen-bond donors (Lipinski definition) is 0. The fourth-order valence-corrected chi connectivity index (χ4v) is 1.30. The number of rotatable bonds is 5. The van der Waals surface area contributed by atoms with Crippen molar-refractivity contribution < 1.29 is 23.2 Å². The number of ketones is 1. The maximum atomic E-state index is 12.1. The minimum Gasteiger partial charge on any atom is -0.435 e. The molecule has 7 heteroatoms. The second-order valence-electron chi connectivity index (χ2n) is 3.31. The number of carbonyl (C=O) groups is 1. The lowest BCUT2D eigenvalue weighted by Gasteiger charge is -2.09. The largest absolute Gasteiger partial charge is 0.435 e. The number of nitro benzene ring substituents is 1. The summed E-state index contributed by atoms with van der Waals surface area (Å²) < 4.78 is 28.3. The van der Waals surface area contributed by atoms with Gasteiger partial charge in [0.1, 0.15) is 11.5 Å². The Bertz CT molecular complexity index is 448. The van der Waals surface area contributed by atoms with E-state index in [-0.39, 0.29) is 29.2 Å². The summed E-state index contributed by atoms with van der Waals surface area (Å²) in [5.41, 5.74) is -0.199. The van der Waals surface area contributed by atoms with Gasteiger partial charge in [-0.1, -0.05) is 0 Å². The van der Waals surface area contributed by atoms with Crippen molar-refractivity contribution in [3.63, 3.8) is 0 Å². The first-order valence-corrected chi connectivity index (χ1v) is 4.61. The SMILES string of the molecule is CC(=O)Cc1cc([N+](=O)[O-])ccc1OC(F)F. The van der Waals surface area contributed by atoms with Crippen molar-refractivity contribution in [3.8, 4) is 5.75 Å². The summed E-state index contributed by atoms with van der Waals surface area (Å²) in [6, 6.07) is 3.16. The molecule has 0 heterocycles. The zero-order chi connectivity index (χ0) is 13.0. The minimum atomic E-state index is -3.04. The molecule has 1 aromatic carbocycles. The molecule has 0 saturated heterocycles. The third-order valence-corrected chi connectivity index (χ3v) is 1.91. The molecule has 0 aliphatic carbocycles. The first-order chi connectivity index (χ1) is 7.90. The van der Waals surface area contributed by atoms with Crippen LogP contribution in [0.15, 0.2) is 18.2 Å². The lowest BCUT2D eigenvalue weighted by atomic mass is 10.1. The van der Waals surface area contributed by atoms with E-state index < -0.39 is 11.5 Å². The molecule has 1 aromatic rings. The topological polar surface area (TPSA) is 69.4 Å². The highest BCUT2D eigenvalue weighted by atomic mass is 19.3. The summed E-state index contributed by atoms with van der Waals surface area (Å²) in [7, 11) is 0. The molecule has 0 bridgehead atoms. The van der Waals surface area contributed by atoms with Crippen LogP contribution in [0.25, 0.3) is 0 Å². The zero-order valence-electron chi connectivity index (χ0n) is 8.85. The second kappa shape index (κ2) is 5.33. The Hall–Kier alpha value is -2.05. The first-order valence-electron chi connectivity index (χ1n) is 4.61. The Morgan fingerprint density at radius 3 is 2.65 bits per heavy atom. The molecule has 0 amide bonds. The van der Waals surface area contributed by atoms with E-state index in [1.165, 1.54) is 6.92 Å². The molecule has 17 heavy (non-hydrogen) atoms. The normalized spacial score (nSPS) is 10.4. The molecule has 0 aliphatic heterocycles. The average Bonchev–Trinajstić information content (AvgIpc) is 2.18. The number of ether oxygens (including phenoxy) is 1. The number of carbonyl (C=O) groups excluding carboxylic acids is 1. The molecule has 5 nitrogen and oxygen atoms in total. The van der Waals surface area contributed by atoms with Gasteiger partial charge in [-0.05, 0) is 13.0 Å². The van der Waals surface area contributed by atoms with Crippen LogP contribution < -0.4 is 4.74 Å². The smallest absolute Gasteiger partial charge is 0.387 e. The third kappa shape index (κ3) is 3.78. The molecule has 0 spiro atoms. The Morgan fingerprint density at radius 2 is 2.18 bits per heavy atom. The van der Waals surface area contributed by atoms with Crippen LogP contribution in [0.2, 0.25) is 0 Å². The van der Waals surface area contributed by atoms with Crippen LogP contribution in [0.3, 0.4) is 0 Å². The Balaban J connectivity index is 3.11. The van der Waals surface area contributed by atoms with Gasteiger partial charge >= 0.3 is 6.61 Å². The fraction of sp³-hybridized carbons (Fsp3) is 0.300. The molecule has 0 N–H and O–H groups in total. The van der Waals surface area contributed by atoms with Gasteiger partial charge in [0.25, 0.3) is 5.69 Å². The highest BCUT2D eigenvalue weighted by Crippen LogP contribution is 2.26. The lowest BCUT2D eigenvalue weighted by Crippen LogP contribution is -2.07. The fourth-order valence-electron chi connectivity index (χ4n) is 1.30. The van der Waals surface area contributed by atoms with Crippen LogP contribution in [0.5, 0.6) is 5.75 Å². The van der Waals surface area contributed by atoms with E-state index >= 15 is 0 Å². The number of benzene rings is 1. The summed E-state index contributed by atoms with van der Waals surface area (Å²) >= 11 is 0. The van der Waals surface area contributed by atoms with Crippen molar-refractivity contribution >= 4 is 11.5 Å². The zero-order valence-corrected chi connectivity index (χ0v) is 8.85. The maximum Gasteiger partial charge on any atom is 0.387 e. The van der Waals surface area contributed by atoms with Crippen LogP contribution in [0, 0.1) is 10.1 Å². The van der Waals surface area contributed by atoms with Gasteiger partial charge < -0.3 is 4.74 Å². The van der Waals surface area contributed by atoms with Crippen LogP contribution in [-0.2, 0) is 11.2 Å². The second-order valence-corrected chi connectivity index (χ2v) is 3.31. The predicted octanol–water partition coefficient (Wildman–Crippen LogP) is 2.33. The highest BCUT2D eigenvalue weighted by Gasteiger charge is 2.15. The van der Waals surface area contributed by atoms with Crippen LogP contribution >= 0.6 is 0 Å². The summed E-state index contributed by atoms with van der Waals surface area (Å²) in [4.78, 5) is 20.8. The van der Waals surface area contributed by atoms with E-state index in [1.54, 1.807) is 0 Å².